The van der Waals surface area contributed by atoms with Crippen LogP contribution in [0, 0.1) is 5.92 Å². The molecule has 3 heteroatoms. The van der Waals surface area contributed by atoms with Gasteiger partial charge < -0.3 is 5.73 Å². The molecule has 100 valence electrons. The molecule has 0 heterocycles. The third-order valence-electron chi connectivity index (χ3n) is 2.92. The molecule has 0 radical (unpaired) electrons. The Morgan fingerprint density at radius 3 is 2.17 bits per heavy atom. The first-order valence-corrected chi connectivity index (χ1v) is 6.66. The molecule has 18 heavy (non-hydrogen) atoms. The largest absolute Gasteiger partial charge is 0.326 e. The van der Waals surface area contributed by atoms with Gasteiger partial charge in [-0.2, -0.15) is 0 Å². The minimum absolute atomic E-state index is 0.00743. The molecular weight excluding hydrogens is 246 g/mol. The van der Waals surface area contributed by atoms with E-state index in [0.29, 0.717) is 11.4 Å². The van der Waals surface area contributed by atoms with E-state index in [0.717, 1.165) is 5.56 Å². The van der Waals surface area contributed by atoms with Gasteiger partial charge in [-0.3, -0.25) is 4.79 Å². The Kier molecular flexibility index (Phi) is 4.94. The highest BCUT2D eigenvalue weighted by Gasteiger charge is 2.28. The number of carbonyl (C=O) groups is 1. The Labute approximate surface area is 115 Å². The molecular formula is C15H22ClNO. The average molecular weight is 268 g/mol. The number of carbonyl (C=O) groups excluding carboxylic acids is 1. The van der Waals surface area contributed by atoms with Crippen LogP contribution in [0.3, 0.4) is 0 Å². The number of nitrogens with two attached hydrogens (primary N) is 1. The van der Waals surface area contributed by atoms with Crippen LogP contribution in [0.2, 0.25) is 5.02 Å². The highest BCUT2D eigenvalue weighted by molar-refractivity contribution is 6.30. The standard InChI is InChI=1S/C15H22ClNO/c1-10(2)14(18)13(9-15(3,4)17)11-5-7-12(16)8-6-11/h5-8,10,13H,9,17H2,1-4H3. The zero-order chi connectivity index (χ0) is 13.9. The van der Waals surface area contributed by atoms with Crippen LogP contribution in [0.4, 0.5) is 0 Å². The van der Waals surface area contributed by atoms with E-state index >= 15 is 0 Å². The molecule has 0 fully saturated rings. The zero-order valence-electron chi connectivity index (χ0n) is 11.5. The molecule has 1 aromatic rings. The summed E-state index contributed by atoms with van der Waals surface area (Å²) in [6.07, 6.45) is 0.644. The molecule has 0 aliphatic carbocycles. The van der Waals surface area contributed by atoms with Crippen molar-refractivity contribution < 1.29 is 4.79 Å². The molecule has 2 N–H and O–H groups in total. The van der Waals surface area contributed by atoms with Crippen molar-refractivity contribution in [1.29, 1.82) is 0 Å². The monoisotopic (exact) mass is 267 g/mol. The summed E-state index contributed by atoms with van der Waals surface area (Å²) in [4.78, 5) is 12.3. The Bertz CT molecular complexity index is 403. The Morgan fingerprint density at radius 1 is 1.28 bits per heavy atom. The van der Waals surface area contributed by atoms with Crippen molar-refractivity contribution in [2.45, 2.75) is 45.6 Å². The van der Waals surface area contributed by atoms with Crippen LogP contribution in [-0.4, -0.2) is 11.3 Å². The summed E-state index contributed by atoms with van der Waals surface area (Å²) < 4.78 is 0. The summed E-state index contributed by atoms with van der Waals surface area (Å²) in [6, 6.07) is 7.47. The molecule has 0 saturated heterocycles. The second kappa shape index (κ2) is 5.85. The normalized spacial score (nSPS) is 13.7. The number of hydrogen-bond donors (Lipinski definition) is 1. The van der Waals surface area contributed by atoms with Crippen molar-refractivity contribution in [3.8, 4) is 0 Å². The lowest BCUT2D eigenvalue weighted by atomic mass is 9.80. The highest BCUT2D eigenvalue weighted by atomic mass is 35.5. The SMILES string of the molecule is CC(C)C(=O)C(CC(C)(C)N)c1ccc(Cl)cc1. The smallest absolute Gasteiger partial charge is 0.142 e. The van der Waals surface area contributed by atoms with Gasteiger partial charge in [0.15, 0.2) is 0 Å². The van der Waals surface area contributed by atoms with Gasteiger partial charge in [0.1, 0.15) is 5.78 Å². The van der Waals surface area contributed by atoms with Crippen molar-refractivity contribution in [3.05, 3.63) is 34.9 Å². The van der Waals surface area contributed by atoms with Crippen LogP contribution < -0.4 is 5.73 Å². The molecule has 1 rings (SSSR count). The fraction of sp³-hybridized carbons (Fsp3) is 0.533. The molecule has 0 aliphatic heterocycles. The summed E-state index contributed by atoms with van der Waals surface area (Å²) in [6.45, 7) is 7.75. The zero-order valence-corrected chi connectivity index (χ0v) is 12.3. The van der Waals surface area contributed by atoms with Gasteiger partial charge in [-0.25, -0.2) is 0 Å². The van der Waals surface area contributed by atoms with Gasteiger partial charge in [-0.15, -0.1) is 0 Å². The van der Waals surface area contributed by atoms with Crippen LogP contribution in [0.25, 0.3) is 0 Å². The molecule has 0 aliphatic rings. The molecule has 0 aromatic heterocycles. The predicted octanol–water partition coefficient (Wildman–Crippen LogP) is 3.78. The predicted molar refractivity (Wildman–Crippen MR) is 76.9 cm³/mol. The summed E-state index contributed by atoms with van der Waals surface area (Å²) >= 11 is 5.88. The van der Waals surface area contributed by atoms with Gasteiger partial charge in [-0.05, 0) is 38.0 Å². The topological polar surface area (TPSA) is 43.1 Å². The van der Waals surface area contributed by atoms with Crippen molar-refractivity contribution in [1.82, 2.24) is 0 Å². The second-order valence-electron chi connectivity index (χ2n) is 5.85. The van der Waals surface area contributed by atoms with E-state index in [4.69, 9.17) is 17.3 Å². The molecule has 2 nitrogen and oxygen atoms in total. The van der Waals surface area contributed by atoms with Crippen LogP contribution >= 0.6 is 11.6 Å². The van der Waals surface area contributed by atoms with Gasteiger partial charge in [0, 0.05) is 22.4 Å². The first kappa shape index (κ1) is 15.2. The van der Waals surface area contributed by atoms with Gasteiger partial charge in [0.2, 0.25) is 0 Å². The maximum absolute atomic E-state index is 12.3. The second-order valence-corrected chi connectivity index (χ2v) is 6.29. The number of Topliss-reactive ketones (excluding diaryl/α,β-unsaturated/α-hetero) is 1. The van der Waals surface area contributed by atoms with E-state index in [1.54, 1.807) is 0 Å². The minimum Gasteiger partial charge on any atom is -0.326 e. The van der Waals surface area contributed by atoms with Crippen LogP contribution in [0.1, 0.15) is 45.6 Å². The van der Waals surface area contributed by atoms with E-state index in [1.165, 1.54) is 0 Å². The fourth-order valence-corrected chi connectivity index (χ4v) is 2.13. The maximum Gasteiger partial charge on any atom is 0.142 e. The van der Waals surface area contributed by atoms with Gasteiger partial charge >= 0.3 is 0 Å². The van der Waals surface area contributed by atoms with E-state index in [9.17, 15) is 4.79 Å². The lowest BCUT2D eigenvalue weighted by Crippen LogP contribution is -2.36. The van der Waals surface area contributed by atoms with Crippen molar-refractivity contribution in [3.63, 3.8) is 0 Å². The Morgan fingerprint density at radius 2 is 1.78 bits per heavy atom. The number of ketones is 1. The van der Waals surface area contributed by atoms with Crippen LogP contribution in [0.5, 0.6) is 0 Å². The summed E-state index contributed by atoms with van der Waals surface area (Å²) in [5.41, 5.74) is 6.69. The van der Waals surface area contributed by atoms with Gasteiger partial charge in [0.05, 0.1) is 0 Å². The maximum atomic E-state index is 12.3. The molecule has 1 aromatic carbocycles. The summed E-state index contributed by atoms with van der Waals surface area (Å²) in [7, 11) is 0. The quantitative estimate of drug-likeness (QED) is 0.882. The van der Waals surface area contributed by atoms with E-state index in [1.807, 2.05) is 52.0 Å². The van der Waals surface area contributed by atoms with Crippen molar-refractivity contribution >= 4 is 17.4 Å². The number of halogens is 1. The number of benzene rings is 1. The van der Waals surface area contributed by atoms with Crippen molar-refractivity contribution in [2.75, 3.05) is 0 Å². The molecule has 0 amide bonds. The lowest BCUT2D eigenvalue weighted by Gasteiger charge is -2.26. The van der Waals surface area contributed by atoms with E-state index < -0.39 is 0 Å². The van der Waals surface area contributed by atoms with Crippen LogP contribution in [-0.2, 0) is 4.79 Å². The highest BCUT2D eigenvalue weighted by Crippen LogP contribution is 2.29. The molecule has 0 saturated carbocycles. The fourth-order valence-electron chi connectivity index (χ4n) is 2.01. The third kappa shape index (κ3) is 4.43. The first-order valence-electron chi connectivity index (χ1n) is 6.29. The van der Waals surface area contributed by atoms with Gasteiger partial charge in [-0.1, -0.05) is 37.6 Å². The number of hydrogen-bond acceptors (Lipinski definition) is 2. The van der Waals surface area contributed by atoms with Gasteiger partial charge in [0.25, 0.3) is 0 Å². The van der Waals surface area contributed by atoms with Crippen LogP contribution in [0.15, 0.2) is 24.3 Å². The Hall–Kier alpha value is -0.860. The Balaban J connectivity index is 3.04. The van der Waals surface area contributed by atoms with E-state index in [2.05, 4.69) is 0 Å². The first-order chi connectivity index (χ1) is 8.20. The van der Waals surface area contributed by atoms with Crippen molar-refractivity contribution in [2.24, 2.45) is 11.7 Å². The molecule has 1 unspecified atom stereocenters. The minimum atomic E-state index is -0.366. The van der Waals surface area contributed by atoms with E-state index in [-0.39, 0.29) is 23.2 Å². The number of rotatable bonds is 5. The molecule has 0 spiro atoms. The summed E-state index contributed by atoms with van der Waals surface area (Å²) in [5.74, 6) is 0.0890. The molecule has 0 bridgehead atoms. The third-order valence-corrected chi connectivity index (χ3v) is 3.17. The lowest BCUT2D eigenvalue weighted by molar-refractivity contribution is -0.123. The average Bonchev–Trinajstić information content (AvgIpc) is 2.25. The molecule has 1 atom stereocenters. The summed E-state index contributed by atoms with van der Waals surface area (Å²) in [5, 5.41) is 0.682.